The third-order valence-corrected chi connectivity index (χ3v) is 5.31. The van der Waals surface area contributed by atoms with Crippen LogP contribution in [0.25, 0.3) is 0 Å². The van der Waals surface area contributed by atoms with Gasteiger partial charge in [0.1, 0.15) is 5.75 Å². The van der Waals surface area contributed by atoms with Crippen LogP contribution in [0.3, 0.4) is 0 Å². The number of ether oxygens (including phenoxy) is 1. The lowest BCUT2D eigenvalue weighted by atomic mass is 10.1. The number of fused-ring (bicyclic) bond motifs is 1. The predicted octanol–water partition coefficient (Wildman–Crippen LogP) is 4.87. The van der Waals surface area contributed by atoms with E-state index in [1.54, 1.807) is 0 Å². The third kappa shape index (κ3) is 4.24. The largest absolute Gasteiger partial charge is 0.494 e. The van der Waals surface area contributed by atoms with Crippen LogP contribution >= 0.6 is 15.9 Å². The van der Waals surface area contributed by atoms with Crippen molar-refractivity contribution < 1.29 is 9.53 Å². The van der Waals surface area contributed by atoms with E-state index in [1.807, 2.05) is 36.2 Å². The van der Waals surface area contributed by atoms with Crippen LogP contribution in [0.4, 0.5) is 0 Å². The summed E-state index contributed by atoms with van der Waals surface area (Å²) in [6.45, 7) is 2.86. The van der Waals surface area contributed by atoms with Crippen LogP contribution in [0, 0.1) is 0 Å². The first-order chi connectivity index (χ1) is 12.1. The minimum absolute atomic E-state index is 0.0666. The van der Waals surface area contributed by atoms with Gasteiger partial charge in [-0.15, -0.1) is 0 Å². The molecule has 2 aromatic rings. The Hall–Kier alpha value is -1.81. The fourth-order valence-corrected chi connectivity index (χ4v) is 3.64. The zero-order valence-electron chi connectivity index (χ0n) is 14.8. The van der Waals surface area contributed by atoms with Crippen LogP contribution < -0.4 is 4.74 Å². The molecule has 3 nitrogen and oxygen atoms in total. The number of rotatable bonds is 6. The minimum Gasteiger partial charge on any atom is -0.494 e. The van der Waals surface area contributed by atoms with Gasteiger partial charge in [0.25, 0.3) is 5.91 Å². The lowest BCUT2D eigenvalue weighted by molar-refractivity contribution is 0.0737. The Morgan fingerprint density at radius 1 is 1.16 bits per heavy atom. The topological polar surface area (TPSA) is 29.5 Å². The van der Waals surface area contributed by atoms with Crippen LogP contribution in [0.2, 0.25) is 0 Å². The number of hydrogen-bond acceptors (Lipinski definition) is 2. The molecule has 0 saturated heterocycles. The van der Waals surface area contributed by atoms with E-state index < -0.39 is 0 Å². The summed E-state index contributed by atoms with van der Waals surface area (Å²) in [7, 11) is 1.90. The van der Waals surface area contributed by atoms with Crippen LogP contribution in [0.1, 0.15) is 41.3 Å². The normalized spacial score (nSPS) is 15.7. The van der Waals surface area contributed by atoms with Crippen molar-refractivity contribution in [3.05, 3.63) is 63.6 Å². The van der Waals surface area contributed by atoms with Gasteiger partial charge in [-0.1, -0.05) is 35.3 Å². The summed E-state index contributed by atoms with van der Waals surface area (Å²) in [5.74, 6) is 0.891. The lowest BCUT2D eigenvalue weighted by Gasteiger charge is -2.24. The average molecular weight is 402 g/mol. The van der Waals surface area contributed by atoms with E-state index >= 15 is 0 Å². The molecular formula is C21H24BrNO2. The monoisotopic (exact) mass is 401 g/mol. The summed E-state index contributed by atoms with van der Waals surface area (Å²) in [5, 5.41) is 0. The van der Waals surface area contributed by atoms with E-state index in [4.69, 9.17) is 4.74 Å². The number of hydrogen-bond donors (Lipinski definition) is 0. The molecule has 0 fully saturated rings. The van der Waals surface area contributed by atoms with Gasteiger partial charge in [0, 0.05) is 23.1 Å². The number of benzene rings is 2. The lowest BCUT2D eigenvalue weighted by Crippen LogP contribution is -2.37. The summed E-state index contributed by atoms with van der Waals surface area (Å²) in [5.41, 5.74) is 3.38. The number of halogens is 1. The van der Waals surface area contributed by atoms with Gasteiger partial charge in [0.2, 0.25) is 0 Å². The van der Waals surface area contributed by atoms with Gasteiger partial charge < -0.3 is 9.64 Å². The van der Waals surface area contributed by atoms with Crippen LogP contribution in [-0.2, 0) is 12.8 Å². The molecule has 25 heavy (non-hydrogen) atoms. The maximum absolute atomic E-state index is 12.8. The molecule has 1 amide bonds. The smallest absolute Gasteiger partial charge is 0.253 e. The van der Waals surface area contributed by atoms with E-state index in [0.717, 1.165) is 42.5 Å². The van der Waals surface area contributed by atoms with Crippen molar-refractivity contribution in [2.75, 3.05) is 13.7 Å². The number of carbonyl (C=O) groups is 1. The molecule has 1 aliphatic carbocycles. The number of carbonyl (C=O) groups excluding carboxylic acids is 1. The van der Waals surface area contributed by atoms with Gasteiger partial charge in [-0.2, -0.15) is 0 Å². The summed E-state index contributed by atoms with van der Waals surface area (Å²) >= 11 is 3.52. The van der Waals surface area contributed by atoms with Gasteiger partial charge in [-0.25, -0.2) is 0 Å². The fourth-order valence-electron chi connectivity index (χ4n) is 3.23. The molecule has 2 aromatic carbocycles. The van der Waals surface area contributed by atoms with Gasteiger partial charge in [-0.3, -0.25) is 4.79 Å². The van der Waals surface area contributed by atoms with Crippen molar-refractivity contribution in [3.63, 3.8) is 0 Å². The zero-order valence-corrected chi connectivity index (χ0v) is 16.4. The van der Waals surface area contributed by atoms with E-state index in [1.165, 1.54) is 11.1 Å². The molecule has 0 heterocycles. The number of likely N-dealkylation sites (N-methyl/N-ethyl adjacent to an activating group) is 1. The van der Waals surface area contributed by atoms with Crippen molar-refractivity contribution in [2.24, 2.45) is 0 Å². The van der Waals surface area contributed by atoms with E-state index in [9.17, 15) is 4.79 Å². The van der Waals surface area contributed by atoms with Crippen molar-refractivity contribution >= 4 is 21.8 Å². The second-order valence-electron chi connectivity index (χ2n) is 6.62. The molecule has 0 spiro atoms. The van der Waals surface area contributed by atoms with Gasteiger partial charge in [0.15, 0.2) is 0 Å². The Labute approximate surface area is 158 Å². The molecule has 3 rings (SSSR count). The molecule has 0 bridgehead atoms. The summed E-state index contributed by atoms with van der Waals surface area (Å²) in [6.07, 6.45) is 3.99. The molecular weight excluding hydrogens is 378 g/mol. The first-order valence-corrected chi connectivity index (χ1v) is 9.65. The molecule has 4 heteroatoms. The number of unbranched alkanes of at least 4 members (excludes halogenated alkanes) is 1. The van der Waals surface area contributed by atoms with Gasteiger partial charge in [-0.05, 0) is 66.8 Å². The maximum Gasteiger partial charge on any atom is 0.253 e. The highest BCUT2D eigenvalue weighted by Crippen LogP contribution is 2.28. The van der Waals surface area contributed by atoms with Crippen LogP contribution in [-0.4, -0.2) is 30.5 Å². The Morgan fingerprint density at radius 2 is 1.88 bits per heavy atom. The van der Waals surface area contributed by atoms with E-state index in [-0.39, 0.29) is 11.9 Å². The van der Waals surface area contributed by atoms with Crippen LogP contribution in [0.5, 0.6) is 5.75 Å². The highest BCUT2D eigenvalue weighted by Gasteiger charge is 2.28. The molecule has 0 radical (unpaired) electrons. The maximum atomic E-state index is 12.8. The zero-order chi connectivity index (χ0) is 17.8. The molecule has 1 atom stereocenters. The minimum atomic E-state index is 0.0666. The quantitative estimate of drug-likeness (QED) is 0.646. The summed E-state index contributed by atoms with van der Waals surface area (Å²) in [6, 6.07) is 14.1. The molecule has 132 valence electrons. The molecule has 0 unspecified atom stereocenters. The third-order valence-electron chi connectivity index (χ3n) is 4.82. The Bertz CT molecular complexity index is 742. The second-order valence-corrected chi connectivity index (χ2v) is 7.53. The second kappa shape index (κ2) is 8.05. The van der Waals surface area contributed by atoms with Crippen molar-refractivity contribution in [1.82, 2.24) is 4.90 Å². The summed E-state index contributed by atoms with van der Waals surface area (Å²) in [4.78, 5) is 14.7. The number of nitrogens with zero attached hydrogens (tertiary/aromatic N) is 1. The Morgan fingerprint density at radius 3 is 2.60 bits per heavy atom. The van der Waals surface area contributed by atoms with Crippen LogP contribution in [0.15, 0.2) is 46.9 Å². The van der Waals surface area contributed by atoms with Gasteiger partial charge >= 0.3 is 0 Å². The fraction of sp³-hybridized carbons (Fsp3) is 0.381. The first kappa shape index (κ1) is 18.0. The van der Waals surface area contributed by atoms with E-state index in [0.29, 0.717) is 5.56 Å². The SMILES string of the molecule is CCCCOc1ccc(C(=O)N(C)[C@@H]2Cc3ccc(Br)cc3C2)cc1. The highest BCUT2D eigenvalue weighted by atomic mass is 79.9. The molecule has 0 saturated carbocycles. The van der Waals surface area contributed by atoms with Crippen molar-refractivity contribution in [2.45, 2.75) is 38.6 Å². The van der Waals surface area contributed by atoms with E-state index in [2.05, 4.69) is 41.1 Å². The molecule has 0 N–H and O–H groups in total. The molecule has 1 aliphatic rings. The standard InChI is InChI=1S/C21H24BrNO2/c1-3-4-11-25-20-9-6-15(7-10-20)21(24)23(2)19-13-16-5-8-18(22)12-17(16)14-19/h5-10,12,19H,3-4,11,13-14H2,1-2H3/t19-/m1/s1. The van der Waals surface area contributed by atoms with Crippen molar-refractivity contribution in [1.29, 1.82) is 0 Å². The average Bonchev–Trinajstić information content (AvgIpc) is 3.04. The molecule has 0 aliphatic heterocycles. The summed E-state index contributed by atoms with van der Waals surface area (Å²) < 4.78 is 6.76. The number of amides is 1. The predicted molar refractivity (Wildman–Crippen MR) is 104 cm³/mol. The Kier molecular flexibility index (Phi) is 5.79. The molecule has 0 aromatic heterocycles. The first-order valence-electron chi connectivity index (χ1n) is 8.86. The van der Waals surface area contributed by atoms with Gasteiger partial charge in [0.05, 0.1) is 6.61 Å². The Balaban J connectivity index is 1.63. The highest BCUT2D eigenvalue weighted by molar-refractivity contribution is 9.10. The van der Waals surface area contributed by atoms with Crippen molar-refractivity contribution in [3.8, 4) is 5.75 Å².